The van der Waals surface area contributed by atoms with Gasteiger partial charge in [0.15, 0.2) is 0 Å². The lowest BCUT2D eigenvalue weighted by molar-refractivity contribution is 0.0955. The van der Waals surface area contributed by atoms with Crippen molar-refractivity contribution in [1.29, 1.82) is 0 Å². The number of amides is 1. The van der Waals surface area contributed by atoms with Crippen molar-refractivity contribution < 1.29 is 4.79 Å². The van der Waals surface area contributed by atoms with Crippen LogP contribution >= 0.6 is 11.6 Å². The van der Waals surface area contributed by atoms with Crippen molar-refractivity contribution in [3.8, 4) is 0 Å². The predicted molar refractivity (Wildman–Crippen MR) is 81.0 cm³/mol. The molecule has 0 saturated carbocycles. The summed E-state index contributed by atoms with van der Waals surface area (Å²) in [5.74, 6) is -0.277. The first-order chi connectivity index (χ1) is 9.58. The summed E-state index contributed by atoms with van der Waals surface area (Å²) in [6.07, 6.45) is 3.50. The summed E-state index contributed by atoms with van der Waals surface area (Å²) in [4.78, 5) is 11.8. The average molecular weight is 291 g/mol. The standard InChI is InChI=1S/C14H15ClN4O/c1-18(2)19-9-3-4-13(19)10-16-17-14(20)11-5-7-12(15)8-6-11/h3-10H,1-2H3,(H,17,20). The van der Waals surface area contributed by atoms with E-state index in [2.05, 4.69) is 10.5 Å². The Kier molecular flexibility index (Phi) is 4.42. The highest BCUT2D eigenvalue weighted by molar-refractivity contribution is 6.30. The molecule has 6 heteroatoms. The van der Waals surface area contributed by atoms with Gasteiger partial charge in [0.1, 0.15) is 0 Å². The summed E-state index contributed by atoms with van der Waals surface area (Å²) in [5.41, 5.74) is 3.85. The van der Waals surface area contributed by atoms with E-state index >= 15 is 0 Å². The molecule has 2 aromatic rings. The second kappa shape index (κ2) is 6.25. The number of carbonyl (C=O) groups is 1. The summed E-state index contributed by atoms with van der Waals surface area (Å²) in [6, 6.07) is 10.4. The van der Waals surface area contributed by atoms with Crippen LogP contribution in [-0.4, -0.2) is 30.9 Å². The predicted octanol–water partition coefficient (Wildman–Crippen LogP) is 2.10. The quantitative estimate of drug-likeness (QED) is 0.692. The molecule has 0 aliphatic carbocycles. The van der Waals surface area contributed by atoms with Crippen LogP contribution in [0.25, 0.3) is 0 Å². The van der Waals surface area contributed by atoms with Crippen LogP contribution in [-0.2, 0) is 0 Å². The van der Waals surface area contributed by atoms with Crippen molar-refractivity contribution in [2.45, 2.75) is 0 Å². The van der Waals surface area contributed by atoms with E-state index in [1.807, 2.05) is 42.1 Å². The van der Waals surface area contributed by atoms with Crippen LogP contribution in [0.5, 0.6) is 0 Å². The molecular weight excluding hydrogens is 276 g/mol. The molecule has 2 rings (SSSR count). The molecule has 20 heavy (non-hydrogen) atoms. The highest BCUT2D eigenvalue weighted by Gasteiger charge is 2.03. The van der Waals surface area contributed by atoms with Gasteiger partial charge in [0.25, 0.3) is 5.91 Å². The van der Waals surface area contributed by atoms with E-state index in [4.69, 9.17) is 11.6 Å². The lowest BCUT2D eigenvalue weighted by Gasteiger charge is -2.15. The van der Waals surface area contributed by atoms with Gasteiger partial charge in [0.05, 0.1) is 11.9 Å². The molecule has 1 aromatic carbocycles. The zero-order chi connectivity index (χ0) is 14.5. The van der Waals surface area contributed by atoms with Gasteiger partial charge in [-0.15, -0.1) is 0 Å². The number of halogens is 1. The van der Waals surface area contributed by atoms with Crippen molar-refractivity contribution in [3.05, 3.63) is 58.9 Å². The summed E-state index contributed by atoms with van der Waals surface area (Å²) >= 11 is 5.77. The van der Waals surface area contributed by atoms with E-state index in [-0.39, 0.29) is 5.91 Å². The second-order valence-electron chi connectivity index (χ2n) is 4.33. The summed E-state index contributed by atoms with van der Waals surface area (Å²) < 4.78 is 1.90. The van der Waals surface area contributed by atoms with Gasteiger partial charge in [0, 0.05) is 30.9 Å². The molecule has 0 aliphatic heterocycles. The molecular formula is C14H15ClN4O. The van der Waals surface area contributed by atoms with Crippen LogP contribution in [0.3, 0.4) is 0 Å². The van der Waals surface area contributed by atoms with E-state index in [0.717, 1.165) is 5.69 Å². The largest absolute Gasteiger partial charge is 0.319 e. The number of aromatic nitrogens is 1. The molecule has 0 saturated heterocycles. The molecule has 5 nitrogen and oxygen atoms in total. The van der Waals surface area contributed by atoms with Gasteiger partial charge in [-0.2, -0.15) is 5.10 Å². The van der Waals surface area contributed by atoms with E-state index in [1.165, 1.54) is 0 Å². The van der Waals surface area contributed by atoms with Crippen LogP contribution in [0.1, 0.15) is 16.1 Å². The Morgan fingerprint density at radius 1 is 1.30 bits per heavy atom. The third kappa shape index (κ3) is 3.39. The Morgan fingerprint density at radius 3 is 2.65 bits per heavy atom. The maximum absolute atomic E-state index is 11.8. The van der Waals surface area contributed by atoms with Gasteiger partial charge in [0.2, 0.25) is 0 Å². The molecule has 0 radical (unpaired) electrons. The first-order valence-electron chi connectivity index (χ1n) is 6.02. The third-order valence-electron chi connectivity index (χ3n) is 2.66. The fourth-order valence-corrected chi connectivity index (χ4v) is 1.80. The molecule has 1 N–H and O–H groups in total. The van der Waals surface area contributed by atoms with E-state index in [0.29, 0.717) is 10.6 Å². The fourth-order valence-electron chi connectivity index (χ4n) is 1.67. The Hall–Kier alpha value is -2.27. The lowest BCUT2D eigenvalue weighted by Crippen LogP contribution is -2.26. The first kappa shape index (κ1) is 14.1. The van der Waals surface area contributed by atoms with Crippen molar-refractivity contribution in [2.75, 3.05) is 19.1 Å². The molecule has 0 atom stereocenters. The highest BCUT2D eigenvalue weighted by Crippen LogP contribution is 2.09. The van der Waals surface area contributed by atoms with Gasteiger partial charge in [-0.1, -0.05) is 11.6 Å². The minimum Gasteiger partial charge on any atom is -0.319 e. The van der Waals surface area contributed by atoms with Crippen molar-refractivity contribution in [2.24, 2.45) is 5.10 Å². The number of rotatable bonds is 4. The Bertz CT molecular complexity index is 616. The molecule has 0 fully saturated rings. The summed E-state index contributed by atoms with van der Waals surface area (Å²) in [6.45, 7) is 0. The first-order valence-corrected chi connectivity index (χ1v) is 6.39. The summed E-state index contributed by atoms with van der Waals surface area (Å²) in [7, 11) is 3.84. The minimum atomic E-state index is -0.277. The molecule has 104 valence electrons. The molecule has 1 amide bonds. The van der Waals surface area contributed by atoms with Gasteiger partial charge < -0.3 is 5.01 Å². The number of hydrogen-bond acceptors (Lipinski definition) is 3. The highest BCUT2D eigenvalue weighted by atomic mass is 35.5. The van der Waals surface area contributed by atoms with Gasteiger partial charge in [-0.25, -0.2) is 5.43 Å². The number of nitrogens with zero attached hydrogens (tertiary/aromatic N) is 3. The van der Waals surface area contributed by atoms with Crippen LogP contribution in [0, 0.1) is 0 Å². The Balaban J connectivity index is 2.01. The van der Waals surface area contributed by atoms with Crippen molar-refractivity contribution >= 4 is 23.7 Å². The molecule has 1 aromatic heterocycles. The van der Waals surface area contributed by atoms with Gasteiger partial charge in [-0.05, 0) is 36.4 Å². The number of benzene rings is 1. The number of hydrogen-bond donors (Lipinski definition) is 1. The van der Waals surface area contributed by atoms with Gasteiger partial charge in [-0.3, -0.25) is 9.47 Å². The van der Waals surface area contributed by atoms with Gasteiger partial charge >= 0.3 is 0 Å². The smallest absolute Gasteiger partial charge is 0.271 e. The number of hydrazone groups is 1. The normalized spacial score (nSPS) is 10.8. The molecule has 0 unspecified atom stereocenters. The van der Waals surface area contributed by atoms with Crippen molar-refractivity contribution in [1.82, 2.24) is 10.1 Å². The number of nitrogens with one attached hydrogen (secondary N) is 1. The summed E-state index contributed by atoms with van der Waals surface area (Å²) in [5, 5.41) is 6.45. The van der Waals surface area contributed by atoms with Crippen LogP contribution in [0.15, 0.2) is 47.7 Å². The fraction of sp³-hybridized carbons (Fsp3) is 0.143. The molecule has 0 spiro atoms. The van der Waals surface area contributed by atoms with E-state index in [1.54, 1.807) is 30.5 Å². The molecule has 0 bridgehead atoms. The Morgan fingerprint density at radius 2 is 2.00 bits per heavy atom. The maximum atomic E-state index is 11.8. The second-order valence-corrected chi connectivity index (χ2v) is 4.77. The topological polar surface area (TPSA) is 49.6 Å². The zero-order valence-corrected chi connectivity index (χ0v) is 12.0. The van der Waals surface area contributed by atoms with Crippen LogP contribution in [0.4, 0.5) is 0 Å². The van der Waals surface area contributed by atoms with E-state index in [9.17, 15) is 4.79 Å². The maximum Gasteiger partial charge on any atom is 0.271 e. The third-order valence-corrected chi connectivity index (χ3v) is 2.91. The Labute approximate surface area is 122 Å². The van der Waals surface area contributed by atoms with Crippen LogP contribution in [0.2, 0.25) is 5.02 Å². The minimum absolute atomic E-state index is 0.277. The van der Waals surface area contributed by atoms with E-state index < -0.39 is 0 Å². The lowest BCUT2D eigenvalue weighted by atomic mass is 10.2. The zero-order valence-electron chi connectivity index (χ0n) is 11.2. The number of carbonyl (C=O) groups excluding carboxylic acids is 1. The average Bonchev–Trinajstić information content (AvgIpc) is 2.88. The van der Waals surface area contributed by atoms with Crippen molar-refractivity contribution in [3.63, 3.8) is 0 Å². The monoisotopic (exact) mass is 290 g/mol. The van der Waals surface area contributed by atoms with Crippen LogP contribution < -0.4 is 10.4 Å². The molecule has 0 aliphatic rings. The SMILES string of the molecule is CN(C)n1cccc1C=NNC(=O)c1ccc(Cl)cc1. The molecule has 1 heterocycles.